The van der Waals surface area contributed by atoms with Crippen molar-refractivity contribution in [1.82, 2.24) is 9.78 Å². The first-order valence-electron chi connectivity index (χ1n) is 6.73. The average molecular weight is 288 g/mol. The van der Waals surface area contributed by atoms with Gasteiger partial charge in [-0.05, 0) is 31.5 Å². The summed E-state index contributed by atoms with van der Waals surface area (Å²) in [5.41, 5.74) is 8.96. The van der Waals surface area contributed by atoms with Gasteiger partial charge in [0.2, 0.25) is 0 Å². The Bertz CT molecular complexity index is 649. The van der Waals surface area contributed by atoms with Crippen LogP contribution in [0, 0.1) is 13.8 Å². The zero-order chi connectivity index (χ0) is 15.4. The molecule has 0 atom stereocenters. The van der Waals surface area contributed by atoms with Gasteiger partial charge in [0.25, 0.3) is 5.91 Å². The van der Waals surface area contributed by atoms with Crippen LogP contribution in [0.15, 0.2) is 24.3 Å². The van der Waals surface area contributed by atoms with Crippen LogP contribution in [0.3, 0.4) is 0 Å². The van der Waals surface area contributed by atoms with E-state index in [1.165, 1.54) is 0 Å². The SMILES string of the molecule is Cc1nn(C)c(C)c1NC(=O)COc1cccc(CN)c1. The largest absolute Gasteiger partial charge is 0.484 e. The molecule has 0 aliphatic carbocycles. The lowest BCUT2D eigenvalue weighted by Crippen LogP contribution is -2.21. The molecular formula is C15H20N4O2. The summed E-state index contributed by atoms with van der Waals surface area (Å²) in [6.45, 7) is 4.15. The second-order valence-corrected chi connectivity index (χ2v) is 4.86. The zero-order valence-electron chi connectivity index (χ0n) is 12.5. The summed E-state index contributed by atoms with van der Waals surface area (Å²) in [5, 5.41) is 7.08. The van der Waals surface area contributed by atoms with Gasteiger partial charge >= 0.3 is 0 Å². The van der Waals surface area contributed by atoms with Gasteiger partial charge in [0.1, 0.15) is 5.75 Å². The van der Waals surface area contributed by atoms with Gasteiger partial charge in [-0.1, -0.05) is 12.1 Å². The number of benzene rings is 1. The van der Waals surface area contributed by atoms with Gasteiger partial charge in [0.15, 0.2) is 6.61 Å². The molecule has 2 aromatic rings. The van der Waals surface area contributed by atoms with Crippen molar-refractivity contribution in [2.45, 2.75) is 20.4 Å². The molecule has 0 unspecified atom stereocenters. The number of aryl methyl sites for hydroxylation is 2. The molecule has 6 nitrogen and oxygen atoms in total. The summed E-state index contributed by atoms with van der Waals surface area (Å²) < 4.78 is 7.21. The number of aromatic nitrogens is 2. The molecule has 0 spiro atoms. The van der Waals surface area contributed by atoms with Crippen molar-refractivity contribution < 1.29 is 9.53 Å². The Balaban J connectivity index is 1.96. The lowest BCUT2D eigenvalue weighted by molar-refractivity contribution is -0.118. The first-order chi connectivity index (χ1) is 10.0. The summed E-state index contributed by atoms with van der Waals surface area (Å²) in [5.74, 6) is 0.417. The van der Waals surface area contributed by atoms with Crippen molar-refractivity contribution in [1.29, 1.82) is 0 Å². The van der Waals surface area contributed by atoms with Crippen LogP contribution in [0.1, 0.15) is 17.0 Å². The Labute approximate surface area is 123 Å². The first-order valence-corrected chi connectivity index (χ1v) is 6.73. The normalized spacial score (nSPS) is 10.5. The molecule has 6 heteroatoms. The second-order valence-electron chi connectivity index (χ2n) is 4.86. The van der Waals surface area contributed by atoms with Gasteiger partial charge in [-0.25, -0.2) is 0 Å². The Kier molecular flexibility index (Phi) is 4.59. The van der Waals surface area contributed by atoms with E-state index in [0.29, 0.717) is 12.3 Å². The molecule has 1 aromatic carbocycles. The zero-order valence-corrected chi connectivity index (χ0v) is 12.5. The molecule has 2 rings (SSSR count). The van der Waals surface area contributed by atoms with Crippen molar-refractivity contribution in [3.63, 3.8) is 0 Å². The van der Waals surface area contributed by atoms with Crippen LogP contribution in [-0.2, 0) is 18.4 Å². The molecular weight excluding hydrogens is 268 g/mol. The lowest BCUT2D eigenvalue weighted by atomic mass is 10.2. The van der Waals surface area contributed by atoms with Gasteiger partial charge in [0.05, 0.1) is 17.1 Å². The fourth-order valence-corrected chi connectivity index (χ4v) is 2.04. The number of nitrogens with zero attached hydrogens (tertiary/aromatic N) is 2. The van der Waals surface area contributed by atoms with Crippen LogP contribution in [0.25, 0.3) is 0 Å². The highest BCUT2D eigenvalue weighted by atomic mass is 16.5. The fraction of sp³-hybridized carbons (Fsp3) is 0.333. The molecule has 0 aliphatic rings. The number of carbonyl (C=O) groups is 1. The predicted molar refractivity (Wildman–Crippen MR) is 81.1 cm³/mol. The van der Waals surface area contributed by atoms with Crippen LogP contribution in [0.4, 0.5) is 5.69 Å². The van der Waals surface area contributed by atoms with Gasteiger partial charge in [-0.2, -0.15) is 5.10 Å². The van der Waals surface area contributed by atoms with Crippen LogP contribution in [0.2, 0.25) is 0 Å². The van der Waals surface area contributed by atoms with Crippen molar-refractivity contribution in [3.05, 3.63) is 41.2 Å². The maximum absolute atomic E-state index is 12.0. The third-order valence-corrected chi connectivity index (χ3v) is 3.28. The number of ether oxygens (including phenoxy) is 1. The standard InChI is InChI=1S/C15H20N4O2/c1-10-15(11(2)19(3)18-10)17-14(20)9-21-13-6-4-5-12(7-13)8-16/h4-7H,8-9,16H2,1-3H3,(H,17,20). The van der Waals surface area contributed by atoms with E-state index in [4.69, 9.17) is 10.5 Å². The maximum atomic E-state index is 12.0. The van der Waals surface area contributed by atoms with Gasteiger partial charge < -0.3 is 15.8 Å². The second kappa shape index (κ2) is 6.41. The molecule has 0 fully saturated rings. The van der Waals surface area contributed by atoms with Gasteiger partial charge in [-0.15, -0.1) is 0 Å². The molecule has 1 amide bonds. The van der Waals surface area contributed by atoms with Gasteiger partial charge in [-0.3, -0.25) is 9.48 Å². The highest BCUT2D eigenvalue weighted by Gasteiger charge is 2.12. The van der Waals surface area contributed by atoms with Crippen LogP contribution in [-0.4, -0.2) is 22.3 Å². The number of anilines is 1. The quantitative estimate of drug-likeness (QED) is 0.873. The van der Waals surface area contributed by atoms with Crippen molar-refractivity contribution in [2.75, 3.05) is 11.9 Å². The summed E-state index contributed by atoms with van der Waals surface area (Å²) in [4.78, 5) is 12.0. The highest BCUT2D eigenvalue weighted by molar-refractivity contribution is 5.93. The Morgan fingerprint density at radius 2 is 2.19 bits per heavy atom. The van der Waals surface area contributed by atoms with E-state index >= 15 is 0 Å². The third-order valence-electron chi connectivity index (χ3n) is 3.28. The molecule has 0 radical (unpaired) electrons. The van der Waals surface area contributed by atoms with E-state index in [1.807, 2.05) is 39.1 Å². The predicted octanol–water partition coefficient (Wildman–Crippen LogP) is 1.51. The van der Waals surface area contributed by atoms with E-state index in [9.17, 15) is 4.79 Å². The maximum Gasteiger partial charge on any atom is 0.262 e. The van der Waals surface area contributed by atoms with Crippen molar-refractivity contribution in [3.8, 4) is 5.75 Å². The molecule has 0 bridgehead atoms. The molecule has 1 heterocycles. The third kappa shape index (κ3) is 3.61. The monoisotopic (exact) mass is 288 g/mol. The highest BCUT2D eigenvalue weighted by Crippen LogP contribution is 2.18. The smallest absolute Gasteiger partial charge is 0.262 e. The van der Waals surface area contributed by atoms with Gasteiger partial charge in [0, 0.05) is 13.6 Å². The molecule has 0 saturated heterocycles. The number of hydrogen-bond acceptors (Lipinski definition) is 4. The Morgan fingerprint density at radius 1 is 1.43 bits per heavy atom. The molecule has 0 saturated carbocycles. The van der Waals surface area contributed by atoms with E-state index < -0.39 is 0 Å². The molecule has 112 valence electrons. The number of nitrogens with two attached hydrogens (primary N) is 1. The summed E-state index contributed by atoms with van der Waals surface area (Å²) in [6.07, 6.45) is 0. The Morgan fingerprint density at radius 3 is 2.81 bits per heavy atom. The minimum absolute atomic E-state index is 0.0538. The minimum atomic E-state index is -0.215. The number of nitrogens with one attached hydrogen (secondary N) is 1. The summed E-state index contributed by atoms with van der Waals surface area (Å²) in [7, 11) is 1.84. The molecule has 1 aromatic heterocycles. The molecule has 0 aliphatic heterocycles. The molecule has 3 N–H and O–H groups in total. The van der Waals surface area contributed by atoms with Crippen molar-refractivity contribution >= 4 is 11.6 Å². The van der Waals surface area contributed by atoms with Crippen LogP contribution >= 0.6 is 0 Å². The number of carbonyl (C=O) groups excluding carboxylic acids is 1. The first kappa shape index (κ1) is 15.1. The van der Waals surface area contributed by atoms with E-state index in [0.717, 1.165) is 22.6 Å². The van der Waals surface area contributed by atoms with E-state index in [1.54, 1.807) is 10.7 Å². The molecule has 21 heavy (non-hydrogen) atoms. The fourth-order valence-electron chi connectivity index (χ4n) is 2.04. The Hall–Kier alpha value is -2.34. The number of amides is 1. The summed E-state index contributed by atoms with van der Waals surface area (Å²) in [6, 6.07) is 7.39. The number of rotatable bonds is 5. The average Bonchev–Trinajstić information content (AvgIpc) is 2.72. The van der Waals surface area contributed by atoms with Crippen molar-refractivity contribution in [2.24, 2.45) is 12.8 Å². The number of hydrogen-bond donors (Lipinski definition) is 2. The lowest BCUT2D eigenvalue weighted by Gasteiger charge is -2.08. The van der Waals surface area contributed by atoms with E-state index in [2.05, 4.69) is 10.4 Å². The van der Waals surface area contributed by atoms with E-state index in [-0.39, 0.29) is 12.5 Å². The van der Waals surface area contributed by atoms with Crippen LogP contribution < -0.4 is 15.8 Å². The topological polar surface area (TPSA) is 82.2 Å². The minimum Gasteiger partial charge on any atom is -0.484 e. The van der Waals surface area contributed by atoms with Crippen LogP contribution in [0.5, 0.6) is 5.75 Å². The summed E-state index contributed by atoms with van der Waals surface area (Å²) >= 11 is 0.